The lowest BCUT2D eigenvalue weighted by molar-refractivity contribution is -0.384. The largest absolute Gasteiger partial charge is 0.368 e. The fourth-order valence-electron chi connectivity index (χ4n) is 1.35. The predicted octanol–water partition coefficient (Wildman–Crippen LogP) is 1.77. The van der Waals surface area contributed by atoms with Crippen molar-refractivity contribution in [3.63, 3.8) is 0 Å². The zero-order valence-corrected chi connectivity index (χ0v) is 8.50. The molecule has 0 aliphatic rings. The Morgan fingerprint density at radius 3 is 2.88 bits per heavy atom. The van der Waals surface area contributed by atoms with Crippen LogP contribution >= 0.6 is 0 Å². The summed E-state index contributed by atoms with van der Waals surface area (Å²) in [5.41, 5.74) is 5.43. The maximum absolute atomic E-state index is 13.4. The van der Waals surface area contributed by atoms with Crippen LogP contribution in [0.3, 0.4) is 0 Å². The van der Waals surface area contributed by atoms with Gasteiger partial charge < -0.3 is 5.73 Å². The SMILES string of the molecule is Nc1ncc(F)c(-c2cccc([N+](=O)[O-])c2)n1. The number of aromatic nitrogens is 2. The third-order valence-corrected chi connectivity index (χ3v) is 2.09. The Morgan fingerprint density at radius 1 is 1.41 bits per heavy atom. The van der Waals surface area contributed by atoms with Crippen molar-refractivity contribution < 1.29 is 9.31 Å². The second-order valence-electron chi connectivity index (χ2n) is 3.23. The Morgan fingerprint density at radius 2 is 2.18 bits per heavy atom. The Hall–Kier alpha value is -2.57. The molecule has 1 aromatic carbocycles. The number of rotatable bonds is 2. The molecule has 6 nitrogen and oxygen atoms in total. The summed E-state index contributed by atoms with van der Waals surface area (Å²) in [6, 6.07) is 5.50. The molecule has 0 aliphatic carbocycles. The van der Waals surface area contributed by atoms with Crippen molar-refractivity contribution in [3.8, 4) is 11.3 Å². The van der Waals surface area contributed by atoms with Crippen LogP contribution in [0, 0.1) is 15.9 Å². The third kappa shape index (κ3) is 2.17. The lowest BCUT2D eigenvalue weighted by Crippen LogP contribution is -1.99. The van der Waals surface area contributed by atoms with E-state index in [1.807, 2.05) is 0 Å². The van der Waals surface area contributed by atoms with Crippen molar-refractivity contribution in [2.24, 2.45) is 0 Å². The van der Waals surface area contributed by atoms with E-state index in [2.05, 4.69) is 9.97 Å². The lowest BCUT2D eigenvalue weighted by atomic mass is 10.1. The molecule has 0 saturated heterocycles. The molecule has 0 atom stereocenters. The van der Waals surface area contributed by atoms with Gasteiger partial charge in [-0.2, -0.15) is 0 Å². The van der Waals surface area contributed by atoms with Gasteiger partial charge in [0.15, 0.2) is 5.82 Å². The van der Waals surface area contributed by atoms with Gasteiger partial charge in [-0.05, 0) is 0 Å². The Balaban J connectivity index is 2.56. The summed E-state index contributed by atoms with van der Waals surface area (Å²) >= 11 is 0. The topological polar surface area (TPSA) is 94.9 Å². The molecule has 0 spiro atoms. The van der Waals surface area contributed by atoms with E-state index in [1.165, 1.54) is 24.3 Å². The fraction of sp³-hybridized carbons (Fsp3) is 0. The monoisotopic (exact) mass is 234 g/mol. The highest BCUT2D eigenvalue weighted by Gasteiger charge is 2.12. The van der Waals surface area contributed by atoms with Crippen LogP contribution in [0.25, 0.3) is 11.3 Å². The molecule has 0 saturated carbocycles. The first-order valence-corrected chi connectivity index (χ1v) is 4.61. The van der Waals surface area contributed by atoms with Crippen LogP contribution in [0.1, 0.15) is 0 Å². The van der Waals surface area contributed by atoms with Crippen molar-refractivity contribution in [1.82, 2.24) is 9.97 Å². The predicted molar refractivity (Wildman–Crippen MR) is 58.5 cm³/mol. The minimum Gasteiger partial charge on any atom is -0.368 e. The number of halogens is 1. The Kier molecular flexibility index (Phi) is 2.65. The number of hydrogen-bond donors (Lipinski definition) is 1. The van der Waals surface area contributed by atoms with Gasteiger partial charge in [0.1, 0.15) is 5.69 Å². The van der Waals surface area contributed by atoms with E-state index < -0.39 is 10.7 Å². The van der Waals surface area contributed by atoms with Gasteiger partial charge >= 0.3 is 0 Å². The van der Waals surface area contributed by atoms with Crippen molar-refractivity contribution in [1.29, 1.82) is 0 Å². The molecule has 0 bridgehead atoms. The van der Waals surface area contributed by atoms with Gasteiger partial charge in [-0.1, -0.05) is 12.1 Å². The summed E-state index contributed by atoms with van der Waals surface area (Å²) in [5.74, 6) is -0.771. The number of nitrogens with zero attached hydrogens (tertiary/aromatic N) is 3. The molecule has 0 fully saturated rings. The Labute approximate surface area is 95.1 Å². The first kappa shape index (κ1) is 10.9. The van der Waals surface area contributed by atoms with Crippen LogP contribution in [0.2, 0.25) is 0 Å². The standard InChI is InChI=1S/C10H7FN4O2/c11-8-5-13-10(12)14-9(8)6-2-1-3-7(4-6)15(16)17/h1-5H,(H2,12,13,14). The molecule has 1 aromatic heterocycles. The van der Waals surface area contributed by atoms with E-state index in [1.54, 1.807) is 0 Å². The highest BCUT2D eigenvalue weighted by molar-refractivity contribution is 5.63. The molecule has 0 unspecified atom stereocenters. The molecule has 0 radical (unpaired) electrons. The summed E-state index contributed by atoms with van der Waals surface area (Å²) in [7, 11) is 0. The first-order chi connectivity index (χ1) is 8.08. The van der Waals surface area contributed by atoms with E-state index in [0.29, 0.717) is 0 Å². The fourth-order valence-corrected chi connectivity index (χ4v) is 1.35. The molecule has 2 N–H and O–H groups in total. The molecular weight excluding hydrogens is 227 g/mol. The van der Waals surface area contributed by atoms with Crippen LogP contribution in [0.15, 0.2) is 30.5 Å². The molecule has 0 aliphatic heterocycles. The number of nitro groups is 1. The average molecular weight is 234 g/mol. The summed E-state index contributed by atoms with van der Waals surface area (Å²) < 4.78 is 13.4. The van der Waals surface area contributed by atoms with Gasteiger partial charge in [0.05, 0.1) is 11.1 Å². The second kappa shape index (κ2) is 4.12. The normalized spacial score (nSPS) is 10.2. The number of nitrogen functional groups attached to an aromatic ring is 1. The highest BCUT2D eigenvalue weighted by atomic mass is 19.1. The van der Waals surface area contributed by atoms with Gasteiger partial charge in [0.2, 0.25) is 5.95 Å². The third-order valence-electron chi connectivity index (χ3n) is 2.09. The van der Waals surface area contributed by atoms with Gasteiger partial charge in [0.25, 0.3) is 5.69 Å². The summed E-state index contributed by atoms with van der Waals surface area (Å²) in [5, 5.41) is 10.6. The number of anilines is 1. The number of hydrogen-bond acceptors (Lipinski definition) is 5. The smallest absolute Gasteiger partial charge is 0.270 e. The van der Waals surface area contributed by atoms with Crippen LogP contribution in [-0.2, 0) is 0 Å². The summed E-state index contributed by atoms with van der Waals surface area (Å²) in [4.78, 5) is 17.2. The maximum atomic E-state index is 13.4. The van der Waals surface area contributed by atoms with Crippen LogP contribution in [-0.4, -0.2) is 14.9 Å². The molecule has 2 aromatic rings. The minimum absolute atomic E-state index is 0.0544. The van der Waals surface area contributed by atoms with E-state index in [-0.39, 0.29) is 22.9 Å². The molecule has 86 valence electrons. The molecule has 17 heavy (non-hydrogen) atoms. The van der Waals surface area contributed by atoms with Gasteiger partial charge in [-0.25, -0.2) is 14.4 Å². The quantitative estimate of drug-likeness (QED) is 0.631. The van der Waals surface area contributed by atoms with Crippen LogP contribution in [0.4, 0.5) is 16.0 Å². The zero-order chi connectivity index (χ0) is 12.4. The summed E-state index contributed by atoms with van der Waals surface area (Å²) in [6.07, 6.45) is 0.927. The average Bonchev–Trinajstić information content (AvgIpc) is 2.32. The molecule has 1 heterocycles. The van der Waals surface area contributed by atoms with Crippen molar-refractivity contribution in [3.05, 3.63) is 46.4 Å². The minimum atomic E-state index is -0.681. The van der Waals surface area contributed by atoms with Gasteiger partial charge in [0, 0.05) is 17.7 Å². The van der Waals surface area contributed by atoms with Gasteiger partial charge in [-0.15, -0.1) is 0 Å². The number of nitro benzene ring substituents is 1. The molecule has 0 amide bonds. The first-order valence-electron chi connectivity index (χ1n) is 4.61. The molecular formula is C10H7FN4O2. The van der Waals surface area contributed by atoms with Crippen molar-refractivity contribution >= 4 is 11.6 Å². The van der Waals surface area contributed by atoms with Crippen molar-refractivity contribution in [2.45, 2.75) is 0 Å². The van der Waals surface area contributed by atoms with Crippen molar-refractivity contribution in [2.75, 3.05) is 5.73 Å². The second-order valence-corrected chi connectivity index (χ2v) is 3.23. The van der Waals surface area contributed by atoms with E-state index in [9.17, 15) is 14.5 Å². The number of benzene rings is 1. The van der Waals surface area contributed by atoms with Gasteiger partial charge in [-0.3, -0.25) is 10.1 Å². The maximum Gasteiger partial charge on any atom is 0.270 e. The van der Waals surface area contributed by atoms with E-state index in [0.717, 1.165) is 6.20 Å². The summed E-state index contributed by atoms with van der Waals surface area (Å²) in [6.45, 7) is 0. The Bertz CT molecular complexity index is 588. The number of non-ortho nitro benzene ring substituents is 1. The molecule has 7 heteroatoms. The molecule has 2 rings (SSSR count). The lowest BCUT2D eigenvalue weighted by Gasteiger charge is -2.02. The van der Waals surface area contributed by atoms with E-state index >= 15 is 0 Å². The zero-order valence-electron chi connectivity index (χ0n) is 8.50. The van der Waals surface area contributed by atoms with E-state index in [4.69, 9.17) is 5.73 Å². The highest BCUT2D eigenvalue weighted by Crippen LogP contribution is 2.24. The van der Waals surface area contributed by atoms with Crippen LogP contribution in [0.5, 0.6) is 0 Å². The number of nitrogens with two attached hydrogens (primary N) is 1. The van der Waals surface area contributed by atoms with Crippen LogP contribution < -0.4 is 5.73 Å².